The van der Waals surface area contributed by atoms with E-state index in [0.717, 1.165) is 16.3 Å². The van der Waals surface area contributed by atoms with Crippen molar-refractivity contribution in [3.05, 3.63) is 76.8 Å². The molecule has 0 aliphatic heterocycles. The molecule has 0 aliphatic rings. The maximum atomic E-state index is 13.6. The first-order chi connectivity index (χ1) is 9.66. The van der Waals surface area contributed by atoms with Crippen molar-refractivity contribution in [2.24, 2.45) is 5.73 Å². The van der Waals surface area contributed by atoms with Gasteiger partial charge in [0.1, 0.15) is 5.82 Å². The summed E-state index contributed by atoms with van der Waals surface area (Å²) in [6.45, 7) is 0. The first-order valence-corrected chi connectivity index (χ1v) is 6.58. The molecule has 0 aliphatic carbocycles. The van der Waals surface area contributed by atoms with Gasteiger partial charge in [-0.2, -0.15) is 0 Å². The van der Waals surface area contributed by atoms with E-state index in [1.54, 1.807) is 18.5 Å². The van der Waals surface area contributed by atoms with E-state index < -0.39 is 11.9 Å². The number of rotatable bonds is 2. The fourth-order valence-electron chi connectivity index (χ4n) is 2.27. The molecule has 1 atom stereocenters. The first kappa shape index (κ1) is 13.0. The van der Waals surface area contributed by atoms with Crippen LogP contribution in [-0.4, -0.2) is 4.98 Å². The predicted molar refractivity (Wildman–Crippen MR) is 79.2 cm³/mol. The average Bonchev–Trinajstić information content (AvgIpc) is 2.49. The van der Waals surface area contributed by atoms with Gasteiger partial charge in [-0.1, -0.05) is 41.9 Å². The second kappa shape index (κ2) is 5.19. The SMILES string of the molecule is NC(c1ccc(Cl)c(F)c1)c1cncc2ccccc12. The van der Waals surface area contributed by atoms with Gasteiger partial charge in [-0.25, -0.2) is 4.39 Å². The molecule has 1 unspecified atom stereocenters. The molecule has 0 saturated heterocycles. The number of nitrogens with zero attached hydrogens (tertiary/aromatic N) is 1. The summed E-state index contributed by atoms with van der Waals surface area (Å²) in [5.41, 5.74) is 7.79. The zero-order valence-corrected chi connectivity index (χ0v) is 11.3. The number of benzene rings is 2. The maximum absolute atomic E-state index is 13.6. The highest BCUT2D eigenvalue weighted by Gasteiger charge is 2.14. The molecule has 1 aromatic heterocycles. The molecule has 0 saturated carbocycles. The number of halogens is 2. The van der Waals surface area contributed by atoms with Crippen molar-refractivity contribution in [1.82, 2.24) is 4.98 Å². The van der Waals surface area contributed by atoms with E-state index in [4.69, 9.17) is 17.3 Å². The van der Waals surface area contributed by atoms with E-state index in [0.29, 0.717) is 5.56 Å². The van der Waals surface area contributed by atoms with Crippen LogP contribution in [0.5, 0.6) is 0 Å². The smallest absolute Gasteiger partial charge is 0.142 e. The second-order valence-corrected chi connectivity index (χ2v) is 5.01. The van der Waals surface area contributed by atoms with Crippen LogP contribution >= 0.6 is 11.6 Å². The number of hydrogen-bond acceptors (Lipinski definition) is 2. The molecule has 20 heavy (non-hydrogen) atoms. The first-order valence-electron chi connectivity index (χ1n) is 6.20. The minimum absolute atomic E-state index is 0.0944. The third-order valence-corrected chi connectivity index (χ3v) is 3.64. The zero-order valence-electron chi connectivity index (χ0n) is 10.6. The Morgan fingerprint density at radius 1 is 1.10 bits per heavy atom. The Labute approximate surface area is 121 Å². The Morgan fingerprint density at radius 2 is 1.90 bits per heavy atom. The lowest BCUT2D eigenvalue weighted by molar-refractivity contribution is 0.624. The molecule has 0 amide bonds. The minimum Gasteiger partial charge on any atom is -0.320 e. The number of fused-ring (bicyclic) bond motifs is 1. The number of aromatic nitrogens is 1. The van der Waals surface area contributed by atoms with E-state index in [1.165, 1.54) is 12.1 Å². The Bertz CT molecular complexity index is 768. The van der Waals surface area contributed by atoms with Gasteiger partial charge >= 0.3 is 0 Å². The Balaban J connectivity index is 2.12. The van der Waals surface area contributed by atoms with E-state index >= 15 is 0 Å². The molecule has 2 N–H and O–H groups in total. The highest BCUT2D eigenvalue weighted by molar-refractivity contribution is 6.30. The van der Waals surface area contributed by atoms with Gasteiger partial charge in [0.2, 0.25) is 0 Å². The van der Waals surface area contributed by atoms with E-state index in [2.05, 4.69) is 4.98 Å². The molecule has 0 bridgehead atoms. The van der Waals surface area contributed by atoms with E-state index in [9.17, 15) is 4.39 Å². The quantitative estimate of drug-likeness (QED) is 0.771. The molecular weight excluding hydrogens is 275 g/mol. The number of nitrogens with two attached hydrogens (primary N) is 1. The normalized spacial score (nSPS) is 12.6. The van der Waals surface area contributed by atoms with Crippen molar-refractivity contribution in [3.63, 3.8) is 0 Å². The van der Waals surface area contributed by atoms with Crippen LogP contribution in [0.4, 0.5) is 4.39 Å². The Hall–Kier alpha value is -1.97. The van der Waals surface area contributed by atoms with Crippen molar-refractivity contribution in [2.75, 3.05) is 0 Å². The van der Waals surface area contributed by atoms with Crippen LogP contribution in [0, 0.1) is 5.82 Å². The summed E-state index contributed by atoms with van der Waals surface area (Å²) in [5.74, 6) is -0.465. The molecule has 0 spiro atoms. The topological polar surface area (TPSA) is 38.9 Å². The summed E-state index contributed by atoms with van der Waals surface area (Å²) in [6.07, 6.45) is 3.51. The highest BCUT2D eigenvalue weighted by Crippen LogP contribution is 2.28. The van der Waals surface area contributed by atoms with Gasteiger partial charge in [0.15, 0.2) is 0 Å². The highest BCUT2D eigenvalue weighted by atomic mass is 35.5. The van der Waals surface area contributed by atoms with Crippen molar-refractivity contribution < 1.29 is 4.39 Å². The molecule has 2 aromatic carbocycles. The van der Waals surface area contributed by atoms with Gasteiger partial charge in [-0.3, -0.25) is 4.98 Å². The van der Waals surface area contributed by atoms with Gasteiger partial charge in [0, 0.05) is 17.8 Å². The van der Waals surface area contributed by atoms with Crippen LogP contribution < -0.4 is 5.73 Å². The van der Waals surface area contributed by atoms with Crippen molar-refractivity contribution in [1.29, 1.82) is 0 Å². The van der Waals surface area contributed by atoms with Crippen molar-refractivity contribution in [2.45, 2.75) is 6.04 Å². The van der Waals surface area contributed by atoms with Crippen LogP contribution in [0.1, 0.15) is 17.2 Å². The van der Waals surface area contributed by atoms with E-state index in [-0.39, 0.29) is 5.02 Å². The summed E-state index contributed by atoms with van der Waals surface area (Å²) >= 11 is 5.70. The summed E-state index contributed by atoms with van der Waals surface area (Å²) in [7, 11) is 0. The minimum atomic E-state index is -0.465. The Morgan fingerprint density at radius 3 is 2.70 bits per heavy atom. The zero-order chi connectivity index (χ0) is 14.1. The molecule has 100 valence electrons. The Kier molecular flexibility index (Phi) is 3.38. The van der Waals surface area contributed by atoms with Gasteiger partial charge in [0.25, 0.3) is 0 Å². The van der Waals surface area contributed by atoms with Crippen LogP contribution in [0.25, 0.3) is 10.8 Å². The fraction of sp³-hybridized carbons (Fsp3) is 0.0625. The van der Waals surface area contributed by atoms with Gasteiger partial charge in [-0.05, 0) is 28.6 Å². The lowest BCUT2D eigenvalue weighted by atomic mass is 9.96. The van der Waals surface area contributed by atoms with Gasteiger partial charge < -0.3 is 5.73 Å². The average molecular weight is 287 g/mol. The van der Waals surface area contributed by atoms with Gasteiger partial charge in [-0.15, -0.1) is 0 Å². The molecule has 3 rings (SSSR count). The van der Waals surface area contributed by atoms with Gasteiger partial charge in [0.05, 0.1) is 11.1 Å². The fourth-order valence-corrected chi connectivity index (χ4v) is 2.39. The standard InChI is InChI=1S/C16H12ClFN2/c17-14-6-5-10(7-15(14)18)16(19)13-9-20-8-11-3-1-2-4-12(11)13/h1-9,16H,19H2. The number of pyridine rings is 1. The summed E-state index contributed by atoms with van der Waals surface area (Å²) < 4.78 is 13.6. The van der Waals surface area contributed by atoms with Crippen LogP contribution in [-0.2, 0) is 0 Å². The molecule has 3 aromatic rings. The molecule has 0 fully saturated rings. The molecule has 2 nitrogen and oxygen atoms in total. The lowest BCUT2D eigenvalue weighted by Crippen LogP contribution is -2.13. The van der Waals surface area contributed by atoms with E-state index in [1.807, 2.05) is 24.3 Å². The molecule has 4 heteroatoms. The van der Waals surface area contributed by atoms with Crippen molar-refractivity contribution >= 4 is 22.4 Å². The monoisotopic (exact) mass is 286 g/mol. The van der Waals surface area contributed by atoms with Crippen LogP contribution in [0.15, 0.2) is 54.9 Å². The maximum Gasteiger partial charge on any atom is 0.142 e. The third-order valence-electron chi connectivity index (χ3n) is 3.34. The largest absolute Gasteiger partial charge is 0.320 e. The lowest BCUT2D eigenvalue weighted by Gasteiger charge is -2.15. The summed E-state index contributed by atoms with van der Waals surface area (Å²) in [5, 5.41) is 2.12. The van der Waals surface area contributed by atoms with Crippen LogP contribution in [0.2, 0.25) is 5.02 Å². The third kappa shape index (κ3) is 2.26. The predicted octanol–water partition coefficient (Wildman–Crippen LogP) is 4.08. The molecule has 1 heterocycles. The second-order valence-electron chi connectivity index (χ2n) is 4.60. The van der Waals surface area contributed by atoms with Crippen molar-refractivity contribution in [3.8, 4) is 0 Å². The number of hydrogen-bond donors (Lipinski definition) is 1. The molecule has 0 radical (unpaired) electrons. The summed E-state index contributed by atoms with van der Waals surface area (Å²) in [4.78, 5) is 4.20. The summed E-state index contributed by atoms with van der Waals surface area (Å²) in [6, 6.07) is 12.0. The molecular formula is C16H12ClFN2. The van der Waals surface area contributed by atoms with Crippen LogP contribution in [0.3, 0.4) is 0 Å².